The van der Waals surface area contributed by atoms with Crippen LogP contribution in [0.3, 0.4) is 0 Å². The van der Waals surface area contributed by atoms with Crippen LogP contribution >= 0.6 is 0 Å². The van der Waals surface area contributed by atoms with Crippen LogP contribution in [0.4, 0.5) is 5.69 Å². The lowest BCUT2D eigenvalue weighted by atomic mass is 9.90. The lowest BCUT2D eigenvalue weighted by Gasteiger charge is -2.36. The standard InChI is InChI=1S/C24H29N3O2/c25-20-11-13-22(14-12-20)27(24(29)19-9-10-19)16-17-5-4-8-21(15-17)26-23(28)18-6-2-1-3-7-18/h1-8,15,19-20,22H,9-14,16,25H2,(H,26,28). The van der Waals surface area contributed by atoms with Gasteiger partial charge < -0.3 is 16.0 Å². The molecule has 2 aliphatic carbocycles. The molecule has 0 aliphatic heterocycles. The van der Waals surface area contributed by atoms with Crippen molar-refractivity contribution in [2.45, 2.75) is 57.2 Å². The van der Waals surface area contributed by atoms with Crippen LogP contribution in [0.2, 0.25) is 0 Å². The van der Waals surface area contributed by atoms with E-state index in [0.29, 0.717) is 12.1 Å². The summed E-state index contributed by atoms with van der Waals surface area (Å²) in [4.78, 5) is 27.5. The van der Waals surface area contributed by atoms with Crippen LogP contribution in [-0.2, 0) is 11.3 Å². The third-order valence-corrected chi connectivity index (χ3v) is 5.97. The molecule has 0 aromatic heterocycles. The third kappa shape index (κ3) is 5.04. The molecule has 0 spiro atoms. The minimum absolute atomic E-state index is 0.130. The Kier molecular flexibility index (Phi) is 5.95. The SMILES string of the molecule is NC1CCC(N(Cc2cccc(NC(=O)c3ccccc3)c2)C(=O)C2CC2)CC1. The predicted octanol–water partition coefficient (Wildman–Crippen LogP) is 3.95. The maximum absolute atomic E-state index is 13.0. The van der Waals surface area contributed by atoms with E-state index < -0.39 is 0 Å². The smallest absolute Gasteiger partial charge is 0.255 e. The Hall–Kier alpha value is -2.66. The Morgan fingerprint density at radius 3 is 2.34 bits per heavy atom. The van der Waals surface area contributed by atoms with Crippen molar-refractivity contribution in [3.8, 4) is 0 Å². The Morgan fingerprint density at radius 2 is 1.66 bits per heavy atom. The second-order valence-electron chi connectivity index (χ2n) is 8.33. The summed E-state index contributed by atoms with van der Waals surface area (Å²) in [6.07, 6.45) is 5.93. The molecule has 2 fully saturated rings. The molecule has 29 heavy (non-hydrogen) atoms. The van der Waals surface area contributed by atoms with Crippen LogP contribution in [0.25, 0.3) is 0 Å². The quantitative estimate of drug-likeness (QED) is 0.783. The van der Waals surface area contributed by atoms with Crippen molar-refractivity contribution in [3.05, 3.63) is 65.7 Å². The third-order valence-electron chi connectivity index (χ3n) is 5.97. The molecule has 5 heteroatoms. The van der Waals surface area contributed by atoms with E-state index in [1.54, 1.807) is 12.1 Å². The van der Waals surface area contributed by atoms with Gasteiger partial charge in [0, 0.05) is 35.8 Å². The van der Waals surface area contributed by atoms with Crippen molar-refractivity contribution in [2.75, 3.05) is 5.32 Å². The van der Waals surface area contributed by atoms with Crippen molar-refractivity contribution in [1.29, 1.82) is 0 Å². The number of amides is 2. The first kappa shape index (κ1) is 19.6. The van der Waals surface area contributed by atoms with Crippen LogP contribution in [0.5, 0.6) is 0 Å². The molecule has 152 valence electrons. The predicted molar refractivity (Wildman–Crippen MR) is 114 cm³/mol. The number of rotatable bonds is 6. The summed E-state index contributed by atoms with van der Waals surface area (Å²) >= 11 is 0. The molecule has 0 radical (unpaired) electrons. The van der Waals surface area contributed by atoms with Crippen LogP contribution in [-0.4, -0.2) is 28.8 Å². The molecule has 2 saturated carbocycles. The van der Waals surface area contributed by atoms with Crippen molar-refractivity contribution >= 4 is 17.5 Å². The summed E-state index contributed by atoms with van der Waals surface area (Å²) in [5, 5.41) is 2.96. The Morgan fingerprint density at radius 1 is 0.931 bits per heavy atom. The maximum Gasteiger partial charge on any atom is 0.255 e. The highest BCUT2D eigenvalue weighted by molar-refractivity contribution is 6.04. The van der Waals surface area contributed by atoms with E-state index in [9.17, 15) is 9.59 Å². The Balaban J connectivity index is 1.47. The summed E-state index contributed by atoms with van der Waals surface area (Å²) in [5.41, 5.74) is 8.49. The molecular weight excluding hydrogens is 362 g/mol. The zero-order valence-electron chi connectivity index (χ0n) is 16.7. The van der Waals surface area contributed by atoms with Gasteiger partial charge in [0.15, 0.2) is 0 Å². The maximum atomic E-state index is 13.0. The van der Waals surface area contributed by atoms with Crippen LogP contribution < -0.4 is 11.1 Å². The first-order chi connectivity index (χ1) is 14.1. The van der Waals surface area contributed by atoms with Gasteiger partial charge in [-0.1, -0.05) is 30.3 Å². The fourth-order valence-electron chi connectivity index (χ4n) is 4.10. The monoisotopic (exact) mass is 391 g/mol. The van der Waals surface area contributed by atoms with Gasteiger partial charge in [0.2, 0.25) is 5.91 Å². The number of nitrogens with zero attached hydrogens (tertiary/aromatic N) is 1. The van der Waals surface area contributed by atoms with E-state index in [2.05, 4.69) is 10.2 Å². The summed E-state index contributed by atoms with van der Waals surface area (Å²) < 4.78 is 0. The van der Waals surface area contributed by atoms with E-state index in [4.69, 9.17) is 5.73 Å². The molecular formula is C24H29N3O2. The number of benzene rings is 2. The molecule has 0 atom stereocenters. The Bertz CT molecular complexity index is 855. The van der Waals surface area contributed by atoms with E-state index in [1.165, 1.54) is 0 Å². The fourth-order valence-corrected chi connectivity index (χ4v) is 4.10. The van der Waals surface area contributed by atoms with Crippen LogP contribution in [0, 0.1) is 5.92 Å². The molecule has 4 rings (SSSR count). The number of nitrogens with one attached hydrogen (secondary N) is 1. The van der Waals surface area contributed by atoms with Gasteiger partial charge in [-0.05, 0) is 68.4 Å². The summed E-state index contributed by atoms with van der Waals surface area (Å²) in [7, 11) is 0. The van der Waals surface area contributed by atoms with E-state index >= 15 is 0 Å². The van der Waals surface area contributed by atoms with Gasteiger partial charge in [-0.15, -0.1) is 0 Å². The van der Waals surface area contributed by atoms with Gasteiger partial charge in [0.25, 0.3) is 5.91 Å². The van der Waals surface area contributed by atoms with Gasteiger partial charge in [0.05, 0.1) is 0 Å². The van der Waals surface area contributed by atoms with Crippen molar-refractivity contribution in [1.82, 2.24) is 4.90 Å². The van der Waals surface area contributed by atoms with E-state index in [0.717, 1.165) is 49.8 Å². The largest absolute Gasteiger partial charge is 0.335 e. The van der Waals surface area contributed by atoms with Gasteiger partial charge in [-0.2, -0.15) is 0 Å². The van der Waals surface area contributed by atoms with Gasteiger partial charge in [-0.3, -0.25) is 9.59 Å². The highest BCUT2D eigenvalue weighted by Crippen LogP contribution is 2.34. The van der Waals surface area contributed by atoms with Gasteiger partial charge in [0.1, 0.15) is 0 Å². The minimum atomic E-state index is -0.130. The number of hydrogen-bond acceptors (Lipinski definition) is 3. The highest BCUT2D eigenvalue weighted by atomic mass is 16.2. The molecule has 3 N–H and O–H groups in total. The van der Waals surface area contributed by atoms with Crippen molar-refractivity contribution in [2.24, 2.45) is 11.7 Å². The molecule has 2 aromatic rings. The highest BCUT2D eigenvalue weighted by Gasteiger charge is 2.37. The molecule has 2 aliphatic rings. The molecule has 0 unspecified atom stereocenters. The zero-order chi connectivity index (χ0) is 20.2. The molecule has 2 aromatic carbocycles. The molecule has 0 heterocycles. The van der Waals surface area contributed by atoms with Gasteiger partial charge in [-0.25, -0.2) is 0 Å². The number of carbonyl (C=O) groups excluding carboxylic acids is 2. The average molecular weight is 392 g/mol. The minimum Gasteiger partial charge on any atom is -0.335 e. The molecule has 0 saturated heterocycles. The molecule has 0 bridgehead atoms. The molecule has 2 amide bonds. The van der Waals surface area contributed by atoms with Crippen LogP contribution in [0.1, 0.15) is 54.4 Å². The van der Waals surface area contributed by atoms with Gasteiger partial charge >= 0.3 is 0 Å². The first-order valence-electron chi connectivity index (χ1n) is 10.6. The van der Waals surface area contributed by atoms with Crippen LogP contribution in [0.15, 0.2) is 54.6 Å². The normalized spacial score (nSPS) is 21.4. The second kappa shape index (κ2) is 8.78. The van der Waals surface area contributed by atoms with Crippen molar-refractivity contribution < 1.29 is 9.59 Å². The second-order valence-corrected chi connectivity index (χ2v) is 8.33. The molecule has 5 nitrogen and oxygen atoms in total. The van der Waals surface area contributed by atoms with E-state index in [1.807, 2.05) is 42.5 Å². The number of hydrogen-bond donors (Lipinski definition) is 2. The lowest BCUT2D eigenvalue weighted by molar-refractivity contribution is -0.136. The first-order valence-corrected chi connectivity index (χ1v) is 10.6. The topological polar surface area (TPSA) is 75.4 Å². The Labute approximate surface area is 172 Å². The lowest BCUT2D eigenvalue weighted by Crippen LogP contribution is -2.44. The van der Waals surface area contributed by atoms with Crippen molar-refractivity contribution in [3.63, 3.8) is 0 Å². The fraction of sp³-hybridized carbons (Fsp3) is 0.417. The van der Waals surface area contributed by atoms with E-state index in [-0.39, 0.29) is 29.8 Å². The number of nitrogens with two attached hydrogens (primary N) is 1. The number of anilines is 1. The average Bonchev–Trinajstić information content (AvgIpc) is 3.59. The summed E-state index contributed by atoms with van der Waals surface area (Å²) in [6.45, 7) is 0.588. The number of carbonyl (C=O) groups is 2. The zero-order valence-corrected chi connectivity index (χ0v) is 16.7. The summed E-state index contributed by atoms with van der Waals surface area (Å²) in [5.74, 6) is 0.352. The summed E-state index contributed by atoms with van der Waals surface area (Å²) in [6, 6.07) is 17.5.